The van der Waals surface area contributed by atoms with E-state index in [0.29, 0.717) is 24.2 Å². The predicted octanol–water partition coefficient (Wildman–Crippen LogP) is 0.742. The van der Waals surface area contributed by atoms with Crippen LogP contribution < -0.4 is 11.1 Å². The molecule has 1 rings (SSSR count). The minimum Gasteiger partial charge on any atom is -0.399 e. The lowest BCUT2D eigenvalue weighted by atomic mass is 10.1. The van der Waals surface area contributed by atoms with Crippen molar-refractivity contribution in [1.29, 1.82) is 0 Å². The van der Waals surface area contributed by atoms with Crippen molar-refractivity contribution in [3.63, 3.8) is 0 Å². The van der Waals surface area contributed by atoms with Crippen LogP contribution in [0, 0.1) is 6.92 Å². The van der Waals surface area contributed by atoms with Crippen LogP contribution in [0.1, 0.15) is 22.3 Å². The van der Waals surface area contributed by atoms with Crippen molar-refractivity contribution in [3.8, 4) is 0 Å². The van der Waals surface area contributed by atoms with E-state index in [0.717, 1.165) is 5.56 Å². The molecule has 1 aromatic rings. The van der Waals surface area contributed by atoms with Crippen LogP contribution in [0.15, 0.2) is 18.2 Å². The molecule has 0 radical (unpaired) electrons. The van der Waals surface area contributed by atoms with E-state index in [2.05, 4.69) is 5.32 Å². The molecule has 3 N–H and O–H groups in total. The van der Waals surface area contributed by atoms with Gasteiger partial charge in [-0.2, -0.15) is 0 Å². The predicted molar refractivity (Wildman–Crippen MR) is 72.3 cm³/mol. The maximum absolute atomic E-state index is 11.7. The van der Waals surface area contributed by atoms with E-state index in [4.69, 9.17) is 5.73 Å². The molecule has 18 heavy (non-hydrogen) atoms. The molecule has 0 aliphatic heterocycles. The number of carbonyl (C=O) groups is 1. The van der Waals surface area contributed by atoms with Crippen LogP contribution in [0.25, 0.3) is 0 Å². The number of hydrogen-bond acceptors (Lipinski definition) is 4. The molecule has 0 aliphatic carbocycles. The monoisotopic (exact) mass is 270 g/mol. The Kier molecular flexibility index (Phi) is 4.72. The second kappa shape index (κ2) is 5.86. The molecule has 6 heteroatoms. The molecule has 0 saturated carbocycles. The second-order valence-corrected chi connectivity index (χ2v) is 6.57. The molecule has 0 heterocycles. The number of nitrogens with one attached hydrogen (secondary N) is 1. The average molecular weight is 270 g/mol. The number of carbonyl (C=O) groups excluding carboxylic acids is 1. The third-order valence-electron chi connectivity index (χ3n) is 2.51. The molecule has 0 fully saturated rings. The summed E-state index contributed by atoms with van der Waals surface area (Å²) < 4.78 is 21.8. The van der Waals surface area contributed by atoms with E-state index in [1.807, 2.05) is 6.92 Å². The van der Waals surface area contributed by atoms with E-state index < -0.39 is 9.84 Å². The van der Waals surface area contributed by atoms with Gasteiger partial charge in [-0.15, -0.1) is 0 Å². The fourth-order valence-corrected chi connectivity index (χ4v) is 2.12. The van der Waals surface area contributed by atoms with E-state index in [1.165, 1.54) is 6.26 Å². The molecule has 0 saturated heterocycles. The first-order valence-corrected chi connectivity index (χ1v) is 7.68. The van der Waals surface area contributed by atoms with Crippen molar-refractivity contribution >= 4 is 21.4 Å². The van der Waals surface area contributed by atoms with Gasteiger partial charge in [-0.1, -0.05) is 0 Å². The van der Waals surface area contributed by atoms with Crippen molar-refractivity contribution in [2.24, 2.45) is 0 Å². The molecule has 0 unspecified atom stereocenters. The van der Waals surface area contributed by atoms with Crippen molar-refractivity contribution in [2.75, 3.05) is 24.3 Å². The number of amides is 1. The van der Waals surface area contributed by atoms with Crippen LogP contribution in [-0.2, 0) is 9.84 Å². The highest BCUT2D eigenvalue weighted by Crippen LogP contribution is 2.12. The number of hydrogen-bond donors (Lipinski definition) is 2. The number of aryl methyl sites for hydroxylation is 1. The summed E-state index contributed by atoms with van der Waals surface area (Å²) in [6.45, 7) is 2.17. The van der Waals surface area contributed by atoms with Crippen LogP contribution in [0.3, 0.4) is 0 Å². The highest BCUT2D eigenvalue weighted by atomic mass is 32.2. The van der Waals surface area contributed by atoms with E-state index >= 15 is 0 Å². The van der Waals surface area contributed by atoms with E-state index in [-0.39, 0.29) is 11.7 Å². The average Bonchev–Trinajstić information content (AvgIpc) is 2.26. The number of benzene rings is 1. The lowest BCUT2D eigenvalue weighted by molar-refractivity contribution is 0.0953. The summed E-state index contributed by atoms with van der Waals surface area (Å²) in [7, 11) is -2.97. The van der Waals surface area contributed by atoms with E-state index in [1.54, 1.807) is 18.2 Å². The van der Waals surface area contributed by atoms with Gasteiger partial charge in [-0.05, 0) is 37.1 Å². The number of rotatable bonds is 5. The topological polar surface area (TPSA) is 89.3 Å². The molecule has 0 bridgehead atoms. The van der Waals surface area contributed by atoms with Gasteiger partial charge in [0.15, 0.2) is 0 Å². The fraction of sp³-hybridized carbons (Fsp3) is 0.417. The molecule has 5 nitrogen and oxygen atoms in total. The largest absolute Gasteiger partial charge is 0.399 e. The summed E-state index contributed by atoms with van der Waals surface area (Å²) in [6, 6.07) is 5.04. The first-order valence-electron chi connectivity index (χ1n) is 5.61. The van der Waals surface area contributed by atoms with Gasteiger partial charge in [0.1, 0.15) is 9.84 Å². The highest BCUT2D eigenvalue weighted by molar-refractivity contribution is 7.90. The lowest BCUT2D eigenvalue weighted by Gasteiger charge is -2.06. The molecular weight excluding hydrogens is 252 g/mol. The quantitative estimate of drug-likeness (QED) is 0.610. The molecule has 1 aromatic carbocycles. The molecule has 0 aromatic heterocycles. The standard InChI is InChI=1S/C12H18N2O3S/c1-9-8-10(4-5-11(9)13)12(15)14-6-3-7-18(2,16)17/h4-5,8H,3,6-7,13H2,1-2H3,(H,14,15). The third-order valence-corrected chi connectivity index (χ3v) is 3.54. The molecule has 0 atom stereocenters. The third kappa shape index (κ3) is 4.75. The normalized spacial score (nSPS) is 11.2. The van der Waals surface area contributed by atoms with Gasteiger partial charge >= 0.3 is 0 Å². The molecular formula is C12H18N2O3S. The SMILES string of the molecule is Cc1cc(C(=O)NCCCS(C)(=O)=O)ccc1N. The van der Waals surface area contributed by atoms with Crippen molar-refractivity contribution in [1.82, 2.24) is 5.32 Å². The highest BCUT2D eigenvalue weighted by Gasteiger charge is 2.07. The first-order chi connectivity index (χ1) is 8.29. The number of nitrogens with two attached hydrogens (primary N) is 1. The summed E-state index contributed by atoms with van der Waals surface area (Å²) >= 11 is 0. The summed E-state index contributed by atoms with van der Waals surface area (Å²) in [4.78, 5) is 11.7. The van der Waals surface area contributed by atoms with Crippen LogP contribution in [0.2, 0.25) is 0 Å². The first kappa shape index (κ1) is 14.5. The number of sulfone groups is 1. The molecule has 100 valence electrons. The fourth-order valence-electron chi connectivity index (χ4n) is 1.46. The zero-order chi connectivity index (χ0) is 13.8. The minimum atomic E-state index is -2.97. The molecule has 0 aliphatic rings. The maximum Gasteiger partial charge on any atom is 0.251 e. The number of anilines is 1. The summed E-state index contributed by atoms with van der Waals surface area (Å²) in [6.07, 6.45) is 1.59. The van der Waals surface area contributed by atoms with Gasteiger partial charge in [0.05, 0.1) is 5.75 Å². The molecule has 1 amide bonds. The van der Waals surface area contributed by atoms with Gasteiger partial charge in [-0.25, -0.2) is 8.42 Å². The van der Waals surface area contributed by atoms with E-state index in [9.17, 15) is 13.2 Å². The van der Waals surface area contributed by atoms with Crippen LogP contribution in [-0.4, -0.2) is 32.9 Å². The lowest BCUT2D eigenvalue weighted by Crippen LogP contribution is -2.25. The zero-order valence-corrected chi connectivity index (χ0v) is 11.4. The van der Waals surface area contributed by atoms with Crippen LogP contribution in [0.5, 0.6) is 0 Å². The zero-order valence-electron chi connectivity index (χ0n) is 10.6. The van der Waals surface area contributed by atoms with Crippen molar-refractivity contribution in [2.45, 2.75) is 13.3 Å². The Balaban J connectivity index is 2.48. The Bertz CT molecular complexity index is 538. The second-order valence-electron chi connectivity index (χ2n) is 4.31. The van der Waals surface area contributed by atoms with Gasteiger partial charge in [-0.3, -0.25) is 4.79 Å². The van der Waals surface area contributed by atoms with Gasteiger partial charge < -0.3 is 11.1 Å². The Morgan fingerprint density at radius 2 is 2.06 bits per heavy atom. The minimum absolute atomic E-state index is 0.0774. The van der Waals surface area contributed by atoms with Crippen LogP contribution in [0.4, 0.5) is 5.69 Å². The van der Waals surface area contributed by atoms with Gasteiger partial charge in [0, 0.05) is 24.1 Å². The summed E-state index contributed by atoms with van der Waals surface area (Å²) in [5, 5.41) is 2.67. The van der Waals surface area contributed by atoms with Crippen molar-refractivity contribution < 1.29 is 13.2 Å². The maximum atomic E-state index is 11.7. The Morgan fingerprint density at radius 1 is 1.39 bits per heavy atom. The number of nitrogen functional groups attached to an aromatic ring is 1. The Labute approximate surface area is 107 Å². The smallest absolute Gasteiger partial charge is 0.251 e. The van der Waals surface area contributed by atoms with Crippen LogP contribution >= 0.6 is 0 Å². The Morgan fingerprint density at radius 3 is 2.61 bits per heavy atom. The van der Waals surface area contributed by atoms with Gasteiger partial charge in [0.2, 0.25) is 0 Å². The summed E-state index contributed by atoms with van der Waals surface area (Å²) in [5.41, 5.74) is 7.68. The molecule has 0 spiro atoms. The Hall–Kier alpha value is -1.56. The van der Waals surface area contributed by atoms with Crippen molar-refractivity contribution in [3.05, 3.63) is 29.3 Å². The summed E-state index contributed by atoms with van der Waals surface area (Å²) in [5.74, 6) is -0.139. The van der Waals surface area contributed by atoms with Gasteiger partial charge in [0.25, 0.3) is 5.91 Å².